The zero-order valence-corrected chi connectivity index (χ0v) is 47.4. The molecule has 72 heavy (non-hydrogen) atoms. The molecular formula is C66H114O6. The lowest BCUT2D eigenvalue weighted by Gasteiger charge is -2.18. The fraction of sp³-hybridized carbons (Fsp3) is 0.742. The van der Waals surface area contributed by atoms with Crippen LogP contribution in [0.3, 0.4) is 0 Å². The third-order valence-electron chi connectivity index (χ3n) is 13.1. The second-order valence-corrected chi connectivity index (χ2v) is 20.2. The first-order valence-electron chi connectivity index (χ1n) is 30.6. The summed E-state index contributed by atoms with van der Waals surface area (Å²) in [7, 11) is 0. The Balaban J connectivity index is 4.13. The molecule has 0 rings (SSSR count). The normalized spacial score (nSPS) is 12.7. The van der Waals surface area contributed by atoms with Gasteiger partial charge in [-0.2, -0.15) is 0 Å². The van der Waals surface area contributed by atoms with E-state index in [1.54, 1.807) is 0 Å². The van der Waals surface area contributed by atoms with E-state index in [-0.39, 0.29) is 31.1 Å². The number of hydrogen-bond donors (Lipinski definition) is 0. The predicted octanol–water partition coefficient (Wildman–Crippen LogP) is 20.7. The molecule has 0 saturated carbocycles. The average Bonchev–Trinajstić information content (AvgIpc) is 3.38. The highest BCUT2D eigenvalue weighted by Crippen LogP contribution is 2.16. The van der Waals surface area contributed by atoms with Crippen LogP contribution in [-0.2, 0) is 28.6 Å². The topological polar surface area (TPSA) is 78.9 Å². The van der Waals surface area contributed by atoms with Crippen LogP contribution in [-0.4, -0.2) is 37.2 Å². The molecule has 0 amide bonds. The summed E-state index contributed by atoms with van der Waals surface area (Å²) in [6, 6.07) is 0. The lowest BCUT2D eigenvalue weighted by atomic mass is 10.0. The van der Waals surface area contributed by atoms with Gasteiger partial charge < -0.3 is 14.2 Å². The summed E-state index contributed by atoms with van der Waals surface area (Å²) in [5.74, 6) is -0.894. The molecule has 0 aliphatic rings. The van der Waals surface area contributed by atoms with E-state index in [2.05, 4.69) is 106 Å². The van der Waals surface area contributed by atoms with Gasteiger partial charge in [0.1, 0.15) is 13.2 Å². The maximum atomic E-state index is 12.8. The van der Waals surface area contributed by atoms with Crippen LogP contribution in [0.1, 0.15) is 297 Å². The summed E-state index contributed by atoms with van der Waals surface area (Å²) in [6.45, 7) is 6.47. The first-order chi connectivity index (χ1) is 35.5. The van der Waals surface area contributed by atoms with E-state index in [1.165, 1.54) is 154 Å². The summed E-state index contributed by atoms with van der Waals surface area (Å²) >= 11 is 0. The minimum atomic E-state index is -0.780. The number of unbranched alkanes of at least 4 members (excludes halogenated alkanes) is 30. The summed E-state index contributed by atoms with van der Waals surface area (Å²) < 4.78 is 16.8. The van der Waals surface area contributed by atoms with Crippen LogP contribution in [0, 0.1) is 0 Å². The minimum Gasteiger partial charge on any atom is -0.462 e. The Morgan fingerprint density at radius 3 is 0.847 bits per heavy atom. The Labute approximate surface area is 445 Å². The van der Waals surface area contributed by atoms with Gasteiger partial charge in [0, 0.05) is 19.3 Å². The Hall–Kier alpha value is -3.41. The third kappa shape index (κ3) is 57.5. The number of hydrogen-bond acceptors (Lipinski definition) is 6. The molecule has 0 saturated heterocycles. The molecule has 414 valence electrons. The maximum absolute atomic E-state index is 12.8. The zero-order valence-electron chi connectivity index (χ0n) is 47.4. The van der Waals surface area contributed by atoms with E-state index in [0.717, 1.165) is 103 Å². The highest BCUT2D eigenvalue weighted by Gasteiger charge is 2.19. The molecule has 0 aliphatic carbocycles. The number of carbonyl (C=O) groups is 3. The molecule has 1 atom stereocenters. The number of rotatable bonds is 55. The summed E-state index contributed by atoms with van der Waals surface area (Å²) in [6.07, 6.45) is 79.0. The summed E-state index contributed by atoms with van der Waals surface area (Å²) in [4.78, 5) is 38.0. The van der Waals surface area contributed by atoms with Gasteiger partial charge in [0.15, 0.2) is 6.10 Å². The molecule has 0 heterocycles. The van der Waals surface area contributed by atoms with Gasteiger partial charge in [-0.25, -0.2) is 0 Å². The van der Waals surface area contributed by atoms with E-state index < -0.39 is 6.10 Å². The monoisotopic (exact) mass is 1000 g/mol. The van der Waals surface area contributed by atoms with Crippen LogP contribution in [0.2, 0.25) is 0 Å². The fourth-order valence-corrected chi connectivity index (χ4v) is 8.56. The van der Waals surface area contributed by atoms with E-state index in [9.17, 15) is 14.4 Å². The molecule has 0 aliphatic heterocycles. The van der Waals surface area contributed by atoms with Crippen molar-refractivity contribution in [1.29, 1.82) is 0 Å². The van der Waals surface area contributed by atoms with E-state index in [0.29, 0.717) is 19.3 Å². The molecule has 0 aromatic heterocycles. The molecular weight excluding hydrogens is 889 g/mol. The Kier molecular flexibility index (Phi) is 57.3. The van der Waals surface area contributed by atoms with Crippen molar-refractivity contribution in [2.75, 3.05) is 13.2 Å². The van der Waals surface area contributed by atoms with Gasteiger partial charge in [0.2, 0.25) is 0 Å². The van der Waals surface area contributed by atoms with Crippen LogP contribution in [0.5, 0.6) is 0 Å². The van der Waals surface area contributed by atoms with Crippen molar-refractivity contribution in [2.24, 2.45) is 0 Å². The predicted molar refractivity (Wildman–Crippen MR) is 311 cm³/mol. The summed E-state index contributed by atoms with van der Waals surface area (Å²) in [5.41, 5.74) is 0. The zero-order chi connectivity index (χ0) is 52.2. The van der Waals surface area contributed by atoms with Crippen LogP contribution < -0.4 is 0 Å². The first-order valence-corrected chi connectivity index (χ1v) is 30.6. The van der Waals surface area contributed by atoms with Crippen molar-refractivity contribution < 1.29 is 28.6 Å². The molecule has 0 N–H and O–H groups in total. The Morgan fingerprint density at radius 2 is 0.542 bits per heavy atom. The Bertz CT molecular complexity index is 1380. The molecule has 0 aromatic rings. The number of carbonyl (C=O) groups excluding carboxylic acids is 3. The van der Waals surface area contributed by atoms with Gasteiger partial charge in [-0.15, -0.1) is 0 Å². The number of ether oxygens (including phenoxy) is 3. The first kappa shape index (κ1) is 68.6. The van der Waals surface area contributed by atoms with E-state index >= 15 is 0 Å². The molecule has 0 radical (unpaired) electrons. The number of esters is 3. The van der Waals surface area contributed by atoms with Crippen LogP contribution in [0.15, 0.2) is 85.1 Å². The highest BCUT2D eigenvalue weighted by molar-refractivity contribution is 5.71. The van der Waals surface area contributed by atoms with Gasteiger partial charge in [-0.3, -0.25) is 14.4 Å². The van der Waals surface area contributed by atoms with Crippen molar-refractivity contribution in [3.63, 3.8) is 0 Å². The van der Waals surface area contributed by atoms with Gasteiger partial charge in [-0.1, -0.05) is 266 Å². The van der Waals surface area contributed by atoms with E-state index in [4.69, 9.17) is 14.2 Å². The van der Waals surface area contributed by atoms with Crippen molar-refractivity contribution in [2.45, 2.75) is 303 Å². The van der Waals surface area contributed by atoms with Crippen LogP contribution >= 0.6 is 0 Å². The molecule has 0 spiro atoms. The molecule has 0 bridgehead atoms. The van der Waals surface area contributed by atoms with Crippen molar-refractivity contribution in [1.82, 2.24) is 0 Å². The molecule has 6 nitrogen and oxygen atoms in total. The van der Waals surface area contributed by atoms with Gasteiger partial charge in [0.25, 0.3) is 0 Å². The number of allylic oxidation sites excluding steroid dienone is 14. The minimum absolute atomic E-state index is 0.0801. The standard InChI is InChI=1S/C66H114O6/c1-4-7-10-13-16-18-20-22-24-26-28-30-32-33-35-36-38-40-42-44-46-48-50-53-56-59-65(68)71-62-63(61-70-64(67)58-55-52-15-12-9-6-3)72-66(69)60-57-54-51-49-47-45-43-41-39-37-34-31-29-27-25-23-21-19-17-14-11-8-5-2/h8,11,17,19-20,22-23,25-26,28-29,31,37,39,63H,4-7,9-10,12-16,18,21,24,27,30,32-36,38,40-62H2,1-3H3/b11-8-,19-17-,22-20-,25-23-,28-26-,31-29-,39-37-. The maximum Gasteiger partial charge on any atom is 0.306 e. The van der Waals surface area contributed by atoms with Crippen LogP contribution in [0.25, 0.3) is 0 Å². The third-order valence-corrected chi connectivity index (χ3v) is 13.1. The Morgan fingerprint density at radius 1 is 0.292 bits per heavy atom. The van der Waals surface area contributed by atoms with Crippen molar-refractivity contribution in [3.05, 3.63) is 85.1 Å². The van der Waals surface area contributed by atoms with Crippen LogP contribution in [0.4, 0.5) is 0 Å². The average molecular weight is 1000 g/mol. The second-order valence-electron chi connectivity index (χ2n) is 20.2. The lowest BCUT2D eigenvalue weighted by Crippen LogP contribution is -2.30. The van der Waals surface area contributed by atoms with Gasteiger partial charge in [-0.05, 0) is 96.3 Å². The molecule has 0 fully saturated rings. The SMILES string of the molecule is CC/C=C\C/C=C\C/C=C\C/C=C\C/C=C\CCCCCCCCCC(=O)OC(COC(=O)CCCCCCCC)COC(=O)CCCCCCCCCCCCCCC/C=C\C/C=C\CCCCCCC. The van der Waals surface area contributed by atoms with Crippen molar-refractivity contribution in [3.8, 4) is 0 Å². The second kappa shape index (κ2) is 60.1. The van der Waals surface area contributed by atoms with Gasteiger partial charge >= 0.3 is 17.9 Å². The van der Waals surface area contributed by atoms with Crippen molar-refractivity contribution >= 4 is 17.9 Å². The largest absolute Gasteiger partial charge is 0.462 e. The summed E-state index contributed by atoms with van der Waals surface area (Å²) in [5, 5.41) is 0. The fourth-order valence-electron chi connectivity index (χ4n) is 8.56. The lowest BCUT2D eigenvalue weighted by molar-refractivity contribution is -0.167. The highest BCUT2D eigenvalue weighted by atomic mass is 16.6. The van der Waals surface area contributed by atoms with E-state index in [1.807, 2.05) is 0 Å². The smallest absolute Gasteiger partial charge is 0.306 e. The molecule has 1 unspecified atom stereocenters. The molecule has 0 aromatic carbocycles. The van der Waals surface area contributed by atoms with Gasteiger partial charge in [0.05, 0.1) is 0 Å². The quantitative estimate of drug-likeness (QED) is 0.0261. The molecule has 6 heteroatoms.